The maximum absolute atomic E-state index is 12.1. The Kier molecular flexibility index (Phi) is 4.28. The first kappa shape index (κ1) is 14.8. The first-order valence-corrected chi connectivity index (χ1v) is 7.24. The molecule has 0 aliphatic heterocycles. The highest BCUT2D eigenvalue weighted by Crippen LogP contribution is 2.24. The Morgan fingerprint density at radius 2 is 1.90 bits per heavy atom. The number of halogens is 1. The minimum absolute atomic E-state index is 0.326. The van der Waals surface area contributed by atoms with E-state index in [1.54, 1.807) is 6.92 Å². The van der Waals surface area contributed by atoms with Crippen molar-refractivity contribution in [1.82, 2.24) is 9.55 Å². The molecule has 0 unspecified atom stereocenters. The smallest absolute Gasteiger partial charge is 0.359 e. The molecule has 0 aliphatic carbocycles. The molecule has 0 saturated heterocycles. The topological polar surface area (TPSA) is 44.1 Å². The molecular formula is C15H17BrN2O2. The van der Waals surface area contributed by atoms with Crippen LogP contribution in [-0.4, -0.2) is 22.1 Å². The molecule has 2 heterocycles. The molecule has 106 valence electrons. The highest BCUT2D eigenvalue weighted by atomic mass is 79.9. The molecule has 2 rings (SSSR count). The van der Waals surface area contributed by atoms with Gasteiger partial charge in [-0.3, -0.25) is 0 Å². The number of esters is 1. The number of aromatic nitrogens is 2. The van der Waals surface area contributed by atoms with Gasteiger partial charge in [0.05, 0.1) is 12.3 Å². The SMILES string of the molecule is CCOC(=O)c1nc(Br)c(C)cc1-n1c(C)ccc1C. The van der Waals surface area contributed by atoms with Crippen molar-refractivity contribution < 1.29 is 9.53 Å². The lowest BCUT2D eigenvalue weighted by Gasteiger charge is -2.15. The fourth-order valence-corrected chi connectivity index (χ4v) is 2.44. The summed E-state index contributed by atoms with van der Waals surface area (Å²) in [7, 11) is 0. The predicted octanol–water partition coefficient (Wildman–Crippen LogP) is 3.74. The summed E-state index contributed by atoms with van der Waals surface area (Å²) < 4.78 is 7.78. The summed E-state index contributed by atoms with van der Waals surface area (Å²) >= 11 is 3.37. The van der Waals surface area contributed by atoms with E-state index in [4.69, 9.17) is 4.74 Å². The lowest BCUT2D eigenvalue weighted by Crippen LogP contribution is -2.14. The highest BCUT2D eigenvalue weighted by Gasteiger charge is 2.19. The average Bonchev–Trinajstić information content (AvgIpc) is 2.72. The third-order valence-corrected chi connectivity index (χ3v) is 3.91. The molecule has 0 atom stereocenters. The van der Waals surface area contributed by atoms with Gasteiger partial charge in [0.25, 0.3) is 0 Å². The number of aryl methyl sites for hydroxylation is 3. The van der Waals surface area contributed by atoms with Crippen LogP contribution in [0.4, 0.5) is 0 Å². The third-order valence-electron chi connectivity index (χ3n) is 3.11. The number of pyridine rings is 1. The van der Waals surface area contributed by atoms with Crippen LogP contribution in [0.2, 0.25) is 0 Å². The van der Waals surface area contributed by atoms with Gasteiger partial charge in [-0.05, 0) is 67.4 Å². The zero-order valence-corrected chi connectivity index (χ0v) is 13.6. The number of hydrogen-bond donors (Lipinski definition) is 0. The molecule has 0 aromatic carbocycles. The van der Waals surface area contributed by atoms with Crippen molar-refractivity contribution in [2.45, 2.75) is 27.7 Å². The lowest BCUT2D eigenvalue weighted by molar-refractivity contribution is 0.0519. The predicted molar refractivity (Wildman–Crippen MR) is 81.4 cm³/mol. The molecule has 0 spiro atoms. The van der Waals surface area contributed by atoms with Gasteiger partial charge in [-0.15, -0.1) is 0 Å². The Hall–Kier alpha value is -1.62. The van der Waals surface area contributed by atoms with Gasteiger partial charge in [0.2, 0.25) is 0 Å². The van der Waals surface area contributed by atoms with Crippen molar-refractivity contribution in [3.05, 3.63) is 45.4 Å². The molecule has 4 nitrogen and oxygen atoms in total. The normalized spacial score (nSPS) is 10.7. The summed E-state index contributed by atoms with van der Waals surface area (Å²) in [4.78, 5) is 16.5. The molecule has 2 aromatic rings. The average molecular weight is 337 g/mol. The maximum atomic E-state index is 12.1. The Morgan fingerprint density at radius 1 is 1.30 bits per heavy atom. The molecule has 0 N–H and O–H groups in total. The van der Waals surface area contributed by atoms with Gasteiger partial charge in [-0.2, -0.15) is 0 Å². The van der Waals surface area contributed by atoms with Crippen LogP contribution in [-0.2, 0) is 4.74 Å². The van der Waals surface area contributed by atoms with Crippen molar-refractivity contribution >= 4 is 21.9 Å². The molecule has 5 heteroatoms. The first-order valence-electron chi connectivity index (χ1n) is 6.45. The Morgan fingerprint density at radius 3 is 2.45 bits per heavy atom. The second-order valence-electron chi connectivity index (χ2n) is 4.64. The van der Waals surface area contributed by atoms with Crippen LogP contribution in [0.1, 0.15) is 34.4 Å². The van der Waals surface area contributed by atoms with Crippen molar-refractivity contribution in [3.63, 3.8) is 0 Å². The second-order valence-corrected chi connectivity index (χ2v) is 5.39. The number of rotatable bonds is 3. The molecule has 20 heavy (non-hydrogen) atoms. The van der Waals surface area contributed by atoms with E-state index in [0.717, 1.165) is 22.6 Å². The van der Waals surface area contributed by atoms with Gasteiger partial charge < -0.3 is 9.30 Å². The molecule has 0 fully saturated rings. The summed E-state index contributed by atoms with van der Waals surface area (Å²) in [5.74, 6) is -0.407. The summed E-state index contributed by atoms with van der Waals surface area (Å²) in [5, 5.41) is 0. The zero-order valence-electron chi connectivity index (χ0n) is 12.0. The summed E-state index contributed by atoms with van der Waals surface area (Å²) in [5.41, 5.74) is 4.16. The van der Waals surface area contributed by atoms with E-state index in [1.807, 2.05) is 43.5 Å². The van der Waals surface area contributed by atoms with Crippen molar-refractivity contribution in [3.8, 4) is 5.69 Å². The summed E-state index contributed by atoms with van der Waals surface area (Å²) in [6.45, 7) is 8.06. The molecule has 0 aliphatic rings. The van der Waals surface area contributed by atoms with Crippen LogP contribution in [0.25, 0.3) is 5.69 Å². The number of nitrogens with zero attached hydrogens (tertiary/aromatic N) is 2. The van der Waals surface area contributed by atoms with E-state index >= 15 is 0 Å². The van der Waals surface area contributed by atoms with E-state index in [2.05, 4.69) is 20.9 Å². The van der Waals surface area contributed by atoms with Gasteiger partial charge in [0, 0.05) is 11.4 Å². The van der Waals surface area contributed by atoms with E-state index in [0.29, 0.717) is 16.9 Å². The van der Waals surface area contributed by atoms with Crippen LogP contribution >= 0.6 is 15.9 Å². The van der Waals surface area contributed by atoms with Gasteiger partial charge in [0.1, 0.15) is 4.60 Å². The van der Waals surface area contributed by atoms with E-state index < -0.39 is 5.97 Å². The number of carbonyl (C=O) groups is 1. The fourth-order valence-electron chi connectivity index (χ4n) is 2.15. The van der Waals surface area contributed by atoms with E-state index in [-0.39, 0.29) is 0 Å². The molecular weight excluding hydrogens is 320 g/mol. The number of hydrogen-bond acceptors (Lipinski definition) is 3. The van der Waals surface area contributed by atoms with Gasteiger partial charge >= 0.3 is 5.97 Å². The monoisotopic (exact) mass is 336 g/mol. The summed E-state index contributed by atoms with van der Waals surface area (Å²) in [6, 6.07) is 5.98. The molecule has 0 amide bonds. The molecule has 0 radical (unpaired) electrons. The standard InChI is InChI=1S/C15H17BrN2O2/c1-5-20-15(19)13-12(8-9(2)14(16)17-13)18-10(3)6-7-11(18)4/h6-8H,5H2,1-4H3. The molecule has 2 aromatic heterocycles. The first-order chi connectivity index (χ1) is 9.45. The van der Waals surface area contributed by atoms with Gasteiger partial charge in [0.15, 0.2) is 5.69 Å². The van der Waals surface area contributed by atoms with E-state index in [1.165, 1.54) is 0 Å². The Bertz CT molecular complexity index is 643. The van der Waals surface area contributed by atoms with Crippen molar-refractivity contribution in [2.75, 3.05) is 6.61 Å². The maximum Gasteiger partial charge on any atom is 0.359 e. The Balaban J connectivity index is 2.68. The molecule has 0 saturated carbocycles. The number of carbonyl (C=O) groups excluding carboxylic acids is 1. The quantitative estimate of drug-likeness (QED) is 0.633. The lowest BCUT2D eigenvalue weighted by atomic mass is 10.2. The van der Waals surface area contributed by atoms with Gasteiger partial charge in [-0.1, -0.05) is 0 Å². The minimum atomic E-state index is -0.407. The zero-order chi connectivity index (χ0) is 14.9. The van der Waals surface area contributed by atoms with E-state index in [9.17, 15) is 4.79 Å². The van der Waals surface area contributed by atoms with Crippen molar-refractivity contribution in [1.29, 1.82) is 0 Å². The summed E-state index contributed by atoms with van der Waals surface area (Å²) in [6.07, 6.45) is 0. The molecule has 0 bridgehead atoms. The second kappa shape index (κ2) is 5.79. The van der Waals surface area contributed by atoms with Crippen molar-refractivity contribution in [2.24, 2.45) is 0 Å². The minimum Gasteiger partial charge on any atom is -0.461 e. The number of ether oxygens (including phenoxy) is 1. The van der Waals surface area contributed by atoms with Crippen LogP contribution < -0.4 is 0 Å². The van der Waals surface area contributed by atoms with Crippen LogP contribution in [0.15, 0.2) is 22.8 Å². The Labute approximate surface area is 126 Å². The van der Waals surface area contributed by atoms with Crippen LogP contribution in [0, 0.1) is 20.8 Å². The largest absolute Gasteiger partial charge is 0.461 e. The van der Waals surface area contributed by atoms with Crippen LogP contribution in [0.5, 0.6) is 0 Å². The highest BCUT2D eigenvalue weighted by molar-refractivity contribution is 9.10. The fraction of sp³-hybridized carbons (Fsp3) is 0.333. The third kappa shape index (κ3) is 2.63. The van der Waals surface area contributed by atoms with Gasteiger partial charge in [-0.25, -0.2) is 9.78 Å². The van der Waals surface area contributed by atoms with Crippen LogP contribution in [0.3, 0.4) is 0 Å².